The summed E-state index contributed by atoms with van der Waals surface area (Å²) < 4.78 is 0. The van der Waals surface area contributed by atoms with Crippen LogP contribution in [0, 0.1) is 5.41 Å². The third-order valence-electron chi connectivity index (χ3n) is 2.00. The molecule has 0 saturated heterocycles. The van der Waals surface area contributed by atoms with Crippen molar-refractivity contribution in [2.45, 2.75) is 53.5 Å². The van der Waals surface area contributed by atoms with Crippen LogP contribution < -0.4 is 5.32 Å². The molecule has 72 valence electrons. The number of rotatable bonds is 3. The Morgan fingerprint density at radius 2 is 1.92 bits per heavy atom. The highest BCUT2D eigenvalue weighted by atomic mass is 16.1. The van der Waals surface area contributed by atoms with Crippen molar-refractivity contribution < 1.29 is 4.79 Å². The second kappa shape index (κ2) is 4.48. The van der Waals surface area contributed by atoms with Gasteiger partial charge in [0.2, 0.25) is 5.91 Å². The Balaban J connectivity index is 4.13. The fourth-order valence-electron chi connectivity index (χ4n) is 1.26. The molecule has 0 unspecified atom stereocenters. The Bertz CT molecular complexity index is 146. The van der Waals surface area contributed by atoms with Crippen LogP contribution in [0.5, 0.6) is 0 Å². The predicted octanol–water partition coefficient (Wildman–Crippen LogP) is 2.34. The van der Waals surface area contributed by atoms with Gasteiger partial charge in [0.1, 0.15) is 0 Å². The third-order valence-corrected chi connectivity index (χ3v) is 2.00. The van der Waals surface area contributed by atoms with Gasteiger partial charge in [-0.1, -0.05) is 34.1 Å². The van der Waals surface area contributed by atoms with Gasteiger partial charge >= 0.3 is 0 Å². The fourth-order valence-corrected chi connectivity index (χ4v) is 1.26. The highest BCUT2D eigenvalue weighted by Crippen LogP contribution is 2.22. The largest absolute Gasteiger partial charge is 0.353 e. The second-order valence-electron chi connectivity index (χ2n) is 4.41. The van der Waals surface area contributed by atoms with Gasteiger partial charge in [0.15, 0.2) is 0 Å². The molecule has 1 N–H and O–H groups in total. The van der Waals surface area contributed by atoms with Crippen molar-refractivity contribution in [3.63, 3.8) is 0 Å². The van der Waals surface area contributed by atoms with E-state index in [1.165, 1.54) is 0 Å². The van der Waals surface area contributed by atoms with Crippen LogP contribution in [-0.4, -0.2) is 11.9 Å². The summed E-state index contributed by atoms with van der Waals surface area (Å²) in [6.45, 7) is 10.2. The summed E-state index contributed by atoms with van der Waals surface area (Å²) in [5.74, 6) is 0.0726. The van der Waals surface area contributed by atoms with Crippen LogP contribution in [0.1, 0.15) is 47.5 Å². The van der Waals surface area contributed by atoms with Crippen molar-refractivity contribution in [3.05, 3.63) is 0 Å². The molecule has 0 aromatic carbocycles. The van der Waals surface area contributed by atoms with Gasteiger partial charge < -0.3 is 5.32 Å². The number of carbonyl (C=O) groups is 1. The first-order chi connectivity index (χ1) is 5.38. The normalized spacial score (nSPS) is 14.1. The molecule has 0 bridgehead atoms. The zero-order valence-electron chi connectivity index (χ0n) is 8.90. The zero-order valence-corrected chi connectivity index (χ0v) is 8.90. The molecule has 1 atom stereocenters. The van der Waals surface area contributed by atoms with E-state index in [0.29, 0.717) is 6.04 Å². The highest BCUT2D eigenvalue weighted by molar-refractivity contribution is 5.73. The number of carbonyl (C=O) groups excluding carboxylic acids is 1. The van der Waals surface area contributed by atoms with Crippen molar-refractivity contribution in [1.82, 2.24) is 5.32 Å². The van der Waals surface area contributed by atoms with Crippen LogP contribution in [0.15, 0.2) is 0 Å². The van der Waals surface area contributed by atoms with Crippen LogP contribution in [0.2, 0.25) is 0 Å². The minimum Gasteiger partial charge on any atom is -0.353 e. The first-order valence-electron chi connectivity index (χ1n) is 4.65. The summed E-state index contributed by atoms with van der Waals surface area (Å²) in [5, 5.41) is 2.98. The van der Waals surface area contributed by atoms with E-state index in [1.54, 1.807) is 6.92 Å². The molecule has 0 radical (unpaired) electrons. The average Bonchev–Trinajstić information content (AvgIpc) is 1.83. The van der Waals surface area contributed by atoms with Crippen LogP contribution in [-0.2, 0) is 4.79 Å². The topological polar surface area (TPSA) is 29.1 Å². The van der Waals surface area contributed by atoms with Crippen molar-refractivity contribution in [3.8, 4) is 0 Å². The minimum absolute atomic E-state index is 0.0726. The number of hydrogen-bond acceptors (Lipinski definition) is 1. The number of nitrogens with one attached hydrogen (secondary N) is 1. The highest BCUT2D eigenvalue weighted by Gasteiger charge is 2.23. The zero-order chi connectivity index (χ0) is 9.78. The van der Waals surface area contributed by atoms with Crippen molar-refractivity contribution in [1.29, 1.82) is 0 Å². The molecule has 0 rings (SSSR count). The van der Waals surface area contributed by atoms with E-state index >= 15 is 0 Å². The van der Waals surface area contributed by atoms with Gasteiger partial charge in [0, 0.05) is 13.0 Å². The van der Waals surface area contributed by atoms with Crippen LogP contribution in [0.4, 0.5) is 0 Å². The molecule has 12 heavy (non-hydrogen) atoms. The van der Waals surface area contributed by atoms with Crippen LogP contribution in [0.25, 0.3) is 0 Å². The number of hydrogen-bond donors (Lipinski definition) is 1. The third kappa shape index (κ3) is 4.37. The SMILES string of the molecule is CCC[C@H](NC(C)=O)C(C)(C)C. The quantitative estimate of drug-likeness (QED) is 0.693. The lowest BCUT2D eigenvalue weighted by Gasteiger charge is -2.30. The molecule has 2 heteroatoms. The van der Waals surface area contributed by atoms with Gasteiger partial charge in [-0.15, -0.1) is 0 Å². The Hall–Kier alpha value is -0.530. The monoisotopic (exact) mass is 171 g/mol. The van der Waals surface area contributed by atoms with E-state index in [9.17, 15) is 4.79 Å². The summed E-state index contributed by atoms with van der Waals surface area (Å²) in [4.78, 5) is 10.9. The lowest BCUT2D eigenvalue weighted by Crippen LogP contribution is -2.42. The smallest absolute Gasteiger partial charge is 0.217 e. The molecule has 0 heterocycles. The maximum Gasteiger partial charge on any atom is 0.217 e. The molecule has 1 amide bonds. The average molecular weight is 171 g/mol. The summed E-state index contributed by atoms with van der Waals surface area (Å²) in [6, 6.07) is 0.306. The molecule has 2 nitrogen and oxygen atoms in total. The number of amides is 1. The molecular weight excluding hydrogens is 150 g/mol. The van der Waals surface area contributed by atoms with Gasteiger partial charge in [-0.3, -0.25) is 4.79 Å². The molecule has 0 saturated carbocycles. The van der Waals surface area contributed by atoms with Gasteiger partial charge in [-0.25, -0.2) is 0 Å². The van der Waals surface area contributed by atoms with E-state index < -0.39 is 0 Å². The molecular formula is C10H21NO. The van der Waals surface area contributed by atoms with Crippen molar-refractivity contribution in [2.75, 3.05) is 0 Å². The van der Waals surface area contributed by atoms with E-state index in [4.69, 9.17) is 0 Å². The van der Waals surface area contributed by atoms with Gasteiger partial charge in [0.25, 0.3) is 0 Å². The van der Waals surface area contributed by atoms with Crippen LogP contribution in [0.3, 0.4) is 0 Å². The molecule has 0 aliphatic rings. The Labute approximate surface area is 75.7 Å². The molecule has 0 aromatic rings. The summed E-state index contributed by atoms with van der Waals surface area (Å²) in [7, 11) is 0. The molecule has 0 aliphatic carbocycles. The van der Waals surface area contributed by atoms with Crippen molar-refractivity contribution in [2.24, 2.45) is 5.41 Å². The predicted molar refractivity (Wildman–Crippen MR) is 52.0 cm³/mol. The van der Waals surface area contributed by atoms with E-state index in [-0.39, 0.29) is 11.3 Å². The Kier molecular flexibility index (Phi) is 4.29. The Morgan fingerprint density at radius 1 is 1.42 bits per heavy atom. The fraction of sp³-hybridized carbons (Fsp3) is 0.900. The van der Waals surface area contributed by atoms with E-state index in [0.717, 1.165) is 12.8 Å². The first kappa shape index (κ1) is 11.5. The molecule has 0 aliphatic heterocycles. The van der Waals surface area contributed by atoms with Gasteiger partial charge in [-0.05, 0) is 11.8 Å². The van der Waals surface area contributed by atoms with Crippen LogP contribution >= 0.6 is 0 Å². The molecule has 0 spiro atoms. The van der Waals surface area contributed by atoms with Crippen molar-refractivity contribution >= 4 is 5.91 Å². The minimum atomic E-state index is 0.0726. The summed E-state index contributed by atoms with van der Waals surface area (Å²) in [6.07, 6.45) is 2.17. The van der Waals surface area contributed by atoms with E-state index in [1.807, 2.05) is 0 Å². The van der Waals surface area contributed by atoms with Gasteiger partial charge in [0.05, 0.1) is 0 Å². The first-order valence-corrected chi connectivity index (χ1v) is 4.65. The maximum atomic E-state index is 10.9. The second-order valence-corrected chi connectivity index (χ2v) is 4.41. The molecule has 0 aromatic heterocycles. The Morgan fingerprint density at radius 3 is 2.17 bits per heavy atom. The summed E-state index contributed by atoms with van der Waals surface area (Å²) in [5.41, 5.74) is 0.168. The van der Waals surface area contributed by atoms with Gasteiger partial charge in [-0.2, -0.15) is 0 Å². The lowest BCUT2D eigenvalue weighted by molar-refractivity contribution is -0.120. The maximum absolute atomic E-state index is 10.9. The lowest BCUT2D eigenvalue weighted by atomic mass is 9.84. The summed E-state index contributed by atoms with van der Waals surface area (Å²) >= 11 is 0. The standard InChI is InChI=1S/C10H21NO/c1-6-7-9(10(3,4)5)11-8(2)12/h9H,6-7H2,1-5H3,(H,11,12)/t9-/m0/s1. The van der Waals surface area contributed by atoms with E-state index in [2.05, 4.69) is 33.0 Å². The molecule has 0 fully saturated rings.